The van der Waals surface area contributed by atoms with Gasteiger partial charge in [-0.2, -0.15) is 10.1 Å². The standard InChI is InChI=1S/C25H35ClN8O3/c1-23(2,3)37-22(36)32-9-16(10-32)20(35)34-14-24(4)12-33(13-25(24,5)15-34)19-18(26)8-27-21(30-19)29-17-7-28-31(6)11-17/h7-8,11,16H,9-10,12-15H2,1-6H3,(H,27,29,30)/t24-,25+. The molecule has 0 spiro atoms. The van der Waals surface area contributed by atoms with Gasteiger partial charge in [-0.05, 0) is 20.8 Å². The van der Waals surface area contributed by atoms with Gasteiger partial charge in [0.15, 0.2) is 5.82 Å². The van der Waals surface area contributed by atoms with Crippen molar-refractivity contribution in [1.29, 1.82) is 0 Å². The van der Waals surface area contributed by atoms with Crippen LogP contribution in [0.15, 0.2) is 18.6 Å². The predicted molar refractivity (Wildman–Crippen MR) is 140 cm³/mol. The summed E-state index contributed by atoms with van der Waals surface area (Å²) in [6.45, 7) is 13.6. The molecule has 0 bridgehead atoms. The molecular weight excluding hydrogens is 496 g/mol. The van der Waals surface area contributed by atoms with Gasteiger partial charge in [-0.25, -0.2) is 9.78 Å². The van der Waals surface area contributed by atoms with Crippen LogP contribution in [0.3, 0.4) is 0 Å². The Morgan fingerprint density at radius 1 is 1.08 bits per heavy atom. The molecule has 0 aliphatic carbocycles. The number of fused-ring (bicyclic) bond motifs is 1. The third-order valence-electron chi connectivity index (χ3n) is 7.80. The van der Waals surface area contributed by atoms with Crippen molar-refractivity contribution >= 4 is 41.1 Å². The van der Waals surface area contributed by atoms with Gasteiger partial charge in [0.25, 0.3) is 0 Å². The zero-order valence-electron chi connectivity index (χ0n) is 22.3. The highest BCUT2D eigenvalue weighted by atomic mass is 35.5. The van der Waals surface area contributed by atoms with Crippen molar-refractivity contribution in [1.82, 2.24) is 29.5 Å². The van der Waals surface area contributed by atoms with Crippen molar-refractivity contribution in [2.75, 3.05) is 49.5 Å². The molecule has 0 radical (unpaired) electrons. The highest BCUT2D eigenvalue weighted by Gasteiger charge is 2.59. The fraction of sp³-hybridized carbons (Fsp3) is 0.640. The molecule has 11 nitrogen and oxygen atoms in total. The van der Waals surface area contributed by atoms with Crippen LogP contribution >= 0.6 is 11.6 Å². The summed E-state index contributed by atoms with van der Waals surface area (Å²) in [6.07, 6.45) is 4.81. The molecule has 200 valence electrons. The fourth-order valence-corrected chi connectivity index (χ4v) is 5.80. The van der Waals surface area contributed by atoms with Crippen LogP contribution < -0.4 is 10.2 Å². The Bertz CT molecular complexity index is 1200. The quantitative estimate of drug-likeness (QED) is 0.642. The maximum atomic E-state index is 13.3. The van der Waals surface area contributed by atoms with Gasteiger partial charge in [0.05, 0.1) is 24.0 Å². The van der Waals surface area contributed by atoms with Crippen molar-refractivity contribution in [2.45, 2.75) is 40.2 Å². The minimum absolute atomic E-state index is 0.117. The van der Waals surface area contributed by atoms with Crippen LogP contribution in [0.2, 0.25) is 5.02 Å². The van der Waals surface area contributed by atoms with E-state index in [-0.39, 0.29) is 28.7 Å². The Hall–Kier alpha value is -3.08. The minimum Gasteiger partial charge on any atom is -0.444 e. The van der Waals surface area contributed by atoms with Crippen LogP contribution in [0.5, 0.6) is 0 Å². The van der Waals surface area contributed by atoms with Crippen LogP contribution in [0, 0.1) is 16.7 Å². The van der Waals surface area contributed by atoms with E-state index in [0.29, 0.717) is 43.0 Å². The summed E-state index contributed by atoms with van der Waals surface area (Å²) in [4.78, 5) is 40.4. The normalized spacial score (nSPS) is 25.8. The van der Waals surface area contributed by atoms with Crippen molar-refractivity contribution in [3.8, 4) is 0 Å². The Morgan fingerprint density at radius 2 is 1.73 bits per heavy atom. The largest absolute Gasteiger partial charge is 0.444 e. The summed E-state index contributed by atoms with van der Waals surface area (Å²) < 4.78 is 7.12. The van der Waals surface area contributed by atoms with Crippen LogP contribution in [0.1, 0.15) is 34.6 Å². The van der Waals surface area contributed by atoms with E-state index in [0.717, 1.165) is 18.8 Å². The Morgan fingerprint density at radius 3 is 2.30 bits per heavy atom. The zero-order valence-corrected chi connectivity index (χ0v) is 23.0. The van der Waals surface area contributed by atoms with Gasteiger partial charge in [-0.1, -0.05) is 25.4 Å². The van der Waals surface area contributed by atoms with E-state index in [1.807, 2.05) is 38.9 Å². The smallest absolute Gasteiger partial charge is 0.410 e. The summed E-state index contributed by atoms with van der Waals surface area (Å²) in [5.41, 5.74) is 0.00386. The number of ether oxygens (including phenoxy) is 1. The molecule has 5 rings (SSSR count). The number of amides is 2. The second kappa shape index (κ2) is 8.75. The van der Waals surface area contributed by atoms with E-state index < -0.39 is 5.60 Å². The molecule has 3 aliphatic rings. The Balaban J connectivity index is 1.22. The molecule has 12 heteroatoms. The number of carbonyl (C=O) groups is 2. The number of aromatic nitrogens is 4. The van der Waals surface area contributed by atoms with Gasteiger partial charge in [0, 0.05) is 63.3 Å². The van der Waals surface area contributed by atoms with E-state index in [2.05, 4.69) is 34.1 Å². The molecule has 2 aromatic heterocycles. The first-order valence-corrected chi connectivity index (χ1v) is 12.9. The molecule has 3 saturated heterocycles. The molecule has 3 fully saturated rings. The van der Waals surface area contributed by atoms with Crippen LogP contribution in [0.25, 0.3) is 0 Å². The summed E-state index contributed by atoms with van der Waals surface area (Å²) in [7, 11) is 1.85. The number of likely N-dealkylation sites (tertiary alicyclic amines) is 2. The lowest BCUT2D eigenvalue weighted by atomic mass is 9.71. The Labute approximate surface area is 222 Å². The van der Waals surface area contributed by atoms with Crippen LogP contribution in [-0.4, -0.2) is 86.4 Å². The van der Waals surface area contributed by atoms with Crippen molar-refractivity contribution in [2.24, 2.45) is 23.8 Å². The van der Waals surface area contributed by atoms with Crippen molar-refractivity contribution in [3.63, 3.8) is 0 Å². The van der Waals surface area contributed by atoms with E-state index in [1.165, 1.54) is 0 Å². The summed E-state index contributed by atoms with van der Waals surface area (Å²) in [6, 6.07) is 0. The molecule has 0 saturated carbocycles. The van der Waals surface area contributed by atoms with Gasteiger partial charge in [-0.15, -0.1) is 0 Å². The number of nitrogens with one attached hydrogen (secondary N) is 1. The van der Waals surface area contributed by atoms with E-state index >= 15 is 0 Å². The summed E-state index contributed by atoms with van der Waals surface area (Å²) >= 11 is 6.54. The SMILES string of the molecule is Cn1cc(Nc2ncc(Cl)c(N3C[C@]4(C)CN(C(=O)C5CN(C(=O)OC(C)(C)C)C5)C[C@]4(C)C3)n2)cn1. The average molecular weight is 531 g/mol. The molecule has 5 heterocycles. The van der Waals surface area contributed by atoms with Gasteiger partial charge >= 0.3 is 6.09 Å². The van der Waals surface area contributed by atoms with Crippen molar-refractivity contribution in [3.05, 3.63) is 23.6 Å². The lowest BCUT2D eigenvalue weighted by Gasteiger charge is -2.40. The second-order valence-corrected chi connectivity index (χ2v) is 12.6. The summed E-state index contributed by atoms with van der Waals surface area (Å²) in [5.74, 6) is 1.08. The third kappa shape index (κ3) is 4.81. The maximum Gasteiger partial charge on any atom is 0.410 e. The molecule has 2 amide bonds. The fourth-order valence-electron chi connectivity index (χ4n) is 5.59. The number of rotatable bonds is 4. The van der Waals surface area contributed by atoms with Gasteiger partial charge in [0.1, 0.15) is 10.6 Å². The molecule has 2 aromatic rings. The molecule has 0 aromatic carbocycles. The monoisotopic (exact) mass is 530 g/mol. The average Bonchev–Trinajstić information content (AvgIpc) is 3.34. The first-order valence-electron chi connectivity index (χ1n) is 12.6. The van der Waals surface area contributed by atoms with E-state index in [1.54, 1.807) is 22.0 Å². The number of hydrogen-bond acceptors (Lipinski definition) is 8. The molecule has 0 unspecified atom stereocenters. The lowest BCUT2D eigenvalue weighted by Crippen LogP contribution is -2.57. The first-order chi connectivity index (χ1) is 17.3. The highest BCUT2D eigenvalue weighted by Crippen LogP contribution is 2.53. The number of carbonyl (C=O) groups excluding carboxylic acids is 2. The third-order valence-corrected chi connectivity index (χ3v) is 8.06. The zero-order chi connectivity index (χ0) is 26.8. The highest BCUT2D eigenvalue weighted by molar-refractivity contribution is 6.32. The number of anilines is 3. The maximum absolute atomic E-state index is 13.3. The molecular formula is C25H35ClN8O3. The van der Waals surface area contributed by atoms with Gasteiger partial charge < -0.3 is 24.8 Å². The Kier molecular flexibility index (Phi) is 6.04. The summed E-state index contributed by atoms with van der Waals surface area (Å²) in [5, 5.41) is 7.83. The topological polar surface area (TPSA) is 109 Å². The van der Waals surface area contributed by atoms with E-state index in [9.17, 15) is 9.59 Å². The first kappa shape index (κ1) is 25.6. The molecule has 3 aliphatic heterocycles. The molecule has 37 heavy (non-hydrogen) atoms. The molecule has 1 N–H and O–H groups in total. The minimum atomic E-state index is -0.546. The number of aryl methyl sites for hydroxylation is 1. The van der Waals surface area contributed by atoms with Crippen LogP contribution in [-0.2, 0) is 16.6 Å². The van der Waals surface area contributed by atoms with Crippen LogP contribution in [0.4, 0.5) is 22.2 Å². The molecule has 2 atom stereocenters. The second-order valence-electron chi connectivity index (χ2n) is 12.1. The van der Waals surface area contributed by atoms with Gasteiger partial charge in [-0.3, -0.25) is 9.48 Å². The predicted octanol–water partition coefficient (Wildman–Crippen LogP) is 3.15. The van der Waals surface area contributed by atoms with E-state index in [4.69, 9.17) is 21.3 Å². The number of halogens is 1. The van der Waals surface area contributed by atoms with Crippen molar-refractivity contribution < 1.29 is 14.3 Å². The number of nitrogens with zero attached hydrogens (tertiary/aromatic N) is 7. The van der Waals surface area contributed by atoms with Gasteiger partial charge in [0.2, 0.25) is 11.9 Å². The number of hydrogen-bond donors (Lipinski definition) is 1. The lowest BCUT2D eigenvalue weighted by molar-refractivity contribution is -0.140.